The second kappa shape index (κ2) is 11.2. The van der Waals surface area contributed by atoms with Crippen molar-refractivity contribution in [2.45, 2.75) is 38.8 Å². The lowest BCUT2D eigenvalue weighted by molar-refractivity contribution is 0.0200. The van der Waals surface area contributed by atoms with Gasteiger partial charge < -0.3 is 15.4 Å². The molecule has 27 heavy (non-hydrogen) atoms. The molecule has 3 N–H and O–H groups in total. The lowest BCUT2D eigenvalue weighted by atomic mass is 10.1. The van der Waals surface area contributed by atoms with E-state index in [9.17, 15) is 12.8 Å². The van der Waals surface area contributed by atoms with Crippen molar-refractivity contribution in [2.24, 2.45) is 4.99 Å². The maximum absolute atomic E-state index is 13.2. The summed E-state index contributed by atoms with van der Waals surface area (Å²) in [6.45, 7) is 4.09. The number of nitrogens with zero attached hydrogens (tertiary/aromatic N) is 1. The monoisotopic (exact) mass is 400 g/mol. The number of benzene rings is 1. The highest BCUT2D eigenvalue weighted by atomic mass is 32.2. The molecule has 0 radical (unpaired) electrons. The summed E-state index contributed by atoms with van der Waals surface area (Å²) in [5.41, 5.74) is 0.744. The van der Waals surface area contributed by atoms with Gasteiger partial charge in [0.1, 0.15) is 5.82 Å². The van der Waals surface area contributed by atoms with Crippen LogP contribution in [0, 0.1) is 5.82 Å². The van der Waals surface area contributed by atoms with E-state index in [0.717, 1.165) is 24.8 Å². The van der Waals surface area contributed by atoms with Crippen molar-refractivity contribution in [3.05, 3.63) is 35.6 Å². The molecule has 9 heteroatoms. The van der Waals surface area contributed by atoms with Crippen molar-refractivity contribution < 1.29 is 17.5 Å². The van der Waals surface area contributed by atoms with E-state index in [1.165, 1.54) is 12.1 Å². The van der Waals surface area contributed by atoms with Crippen LogP contribution in [0.5, 0.6) is 0 Å². The minimum atomic E-state index is -3.39. The van der Waals surface area contributed by atoms with Crippen LogP contribution < -0.4 is 15.4 Å². The van der Waals surface area contributed by atoms with Gasteiger partial charge in [-0.05, 0) is 43.9 Å². The van der Waals surface area contributed by atoms with E-state index in [1.807, 2.05) is 6.92 Å². The van der Waals surface area contributed by atoms with Gasteiger partial charge in [0.2, 0.25) is 10.0 Å². The maximum Gasteiger partial charge on any atom is 0.213 e. The lowest BCUT2D eigenvalue weighted by Crippen LogP contribution is -2.42. The zero-order chi connectivity index (χ0) is 19.5. The van der Waals surface area contributed by atoms with Gasteiger partial charge in [0.05, 0.1) is 18.4 Å². The Hall–Kier alpha value is -1.71. The fourth-order valence-electron chi connectivity index (χ4n) is 2.71. The number of rotatable bonds is 9. The van der Waals surface area contributed by atoms with Crippen molar-refractivity contribution in [1.82, 2.24) is 15.4 Å². The zero-order valence-corrected chi connectivity index (χ0v) is 16.5. The summed E-state index contributed by atoms with van der Waals surface area (Å²) in [5.74, 6) is 0.122. The molecule has 1 aliphatic heterocycles. The van der Waals surface area contributed by atoms with Gasteiger partial charge in [0.15, 0.2) is 5.96 Å². The first-order valence-corrected chi connectivity index (χ1v) is 11.0. The first-order valence-electron chi connectivity index (χ1n) is 9.34. The highest BCUT2D eigenvalue weighted by molar-refractivity contribution is 7.89. The van der Waals surface area contributed by atoms with Crippen LogP contribution in [0.4, 0.5) is 4.39 Å². The van der Waals surface area contributed by atoms with E-state index < -0.39 is 10.0 Å². The Morgan fingerprint density at radius 2 is 2.19 bits per heavy atom. The van der Waals surface area contributed by atoms with Gasteiger partial charge in [-0.2, -0.15) is 0 Å². The normalized spacial score (nSPS) is 18.3. The third-order valence-corrected chi connectivity index (χ3v) is 5.47. The van der Waals surface area contributed by atoms with Crippen LogP contribution in [0.3, 0.4) is 0 Å². The fourth-order valence-corrected chi connectivity index (χ4v) is 3.67. The highest BCUT2D eigenvalue weighted by Crippen LogP contribution is 2.11. The number of hydrogen-bond acceptors (Lipinski definition) is 4. The third-order valence-electron chi connectivity index (χ3n) is 4.12. The lowest BCUT2D eigenvalue weighted by Gasteiger charge is -2.22. The Morgan fingerprint density at radius 1 is 1.33 bits per heavy atom. The second-order valence-electron chi connectivity index (χ2n) is 6.41. The Bertz CT molecular complexity index is 706. The van der Waals surface area contributed by atoms with Gasteiger partial charge >= 0.3 is 0 Å². The minimum Gasteiger partial charge on any atom is -0.377 e. The molecule has 1 unspecified atom stereocenters. The molecule has 1 aromatic rings. The van der Waals surface area contributed by atoms with Crippen molar-refractivity contribution in [3.8, 4) is 0 Å². The summed E-state index contributed by atoms with van der Waals surface area (Å²) in [4.78, 5) is 4.36. The summed E-state index contributed by atoms with van der Waals surface area (Å²) >= 11 is 0. The molecule has 0 aliphatic carbocycles. The Morgan fingerprint density at radius 3 is 2.89 bits per heavy atom. The molecule has 1 heterocycles. The quantitative estimate of drug-likeness (QED) is 0.430. The minimum absolute atomic E-state index is 0.0355. The van der Waals surface area contributed by atoms with E-state index in [1.54, 1.807) is 12.1 Å². The number of sulfonamides is 1. The van der Waals surface area contributed by atoms with Crippen LogP contribution in [0.15, 0.2) is 29.3 Å². The van der Waals surface area contributed by atoms with Crippen LogP contribution in [0.2, 0.25) is 0 Å². The maximum atomic E-state index is 13.2. The largest absolute Gasteiger partial charge is 0.377 e. The molecule has 1 fully saturated rings. The predicted molar refractivity (Wildman–Crippen MR) is 105 cm³/mol. The number of guanidine groups is 1. The van der Waals surface area contributed by atoms with E-state index in [0.29, 0.717) is 32.2 Å². The van der Waals surface area contributed by atoms with Crippen LogP contribution in [-0.4, -0.2) is 52.5 Å². The Kier molecular flexibility index (Phi) is 8.96. The van der Waals surface area contributed by atoms with Crippen LogP contribution in [-0.2, 0) is 21.3 Å². The molecule has 0 spiro atoms. The van der Waals surface area contributed by atoms with Gasteiger partial charge in [-0.1, -0.05) is 12.1 Å². The van der Waals surface area contributed by atoms with Crippen LogP contribution >= 0.6 is 0 Å². The number of hydrogen-bond donors (Lipinski definition) is 3. The standard InChI is InChI=1S/C18H29FN4O3S/c1-2-20-18(22-13-15-6-5-7-16(19)12-15)21-9-11-27(24,25)23-14-17-8-3-4-10-26-17/h5-7,12,17,23H,2-4,8-11,13-14H2,1H3,(H2,20,21,22). The van der Waals surface area contributed by atoms with Crippen LogP contribution in [0.25, 0.3) is 0 Å². The summed E-state index contributed by atoms with van der Waals surface area (Å²) in [7, 11) is -3.39. The third kappa shape index (κ3) is 8.68. The van der Waals surface area contributed by atoms with E-state index in [-0.39, 0.29) is 24.2 Å². The van der Waals surface area contributed by atoms with E-state index in [4.69, 9.17) is 4.74 Å². The van der Waals surface area contributed by atoms with Crippen molar-refractivity contribution in [2.75, 3.05) is 32.0 Å². The van der Waals surface area contributed by atoms with Gasteiger partial charge in [-0.25, -0.2) is 22.5 Å². The fraction of sp³-hybridized carbons (Fsp3) is 0.611. The van der Waals surface area contributed by atoms with Gasteiger partial charge in [0.25, 0.3) is 0 Å². The molecule has 1 atom stereocenters. The molecule has 1 aromatic carbocycles. The average Bonchev–Trinajstić information content (AvgIpc) is 2.65. The number of halogens is 1. The number of ether oxygens (including phenoxy) is 1. The second-order valence-corrected chi connectivity index (χ2v) is 8.33. The summed E-state index contributed by atoms with van der Waals surface area (Å²) < 4.78 is 45.6. The highest BCUT2D eigenvalue weighted by Gasteiger charge is 2.17. The molecular formula is C18H29FN4O3S. The SMILES string of the molecule is CCNC(=NCc1cccc(F)c1)NCCS(=O)(=O)NCC1CCCCO1. The molecule has 152 valence electrons. The van der Waals surface area contributed by atoms with Crippen molar-refractivity contribution >= 4 is 16.0 Å². The molecule has 2 rings (SSSR count). The molecule has 0 amide bonds. The number of aliphatic imine (C=N–C) groups is 1. The summed E-state index contributed by atoms with van der Waals surface area (Å²) in [5, 5.41) is 6.04. The smallest absolute Gasteiger partial charge is 0.213 e. The molecule has 0 aromatic heterocycles. The first kappa shape index (κ1) is 21.6. The number of nitrogens with one attached hydrogen (secondary N) is 3. The molecular weight excluding hydrogens is 371 g/mol. The molecule has 7 nitrogen and oxygen atoms in total. The molecule has 1 saturated heterocycles. The van der Waals surface area contributed by atoms with Crippen LogP contribution in [0.1, 0.15) is 31.7 Å². The Balaban J connectivity index is 1.77. The first-order chi connectivity index (χ1) is 13.0. The average molecular weight is 401 g/mol. The van der Waals surface area contributed by atoms with Gasteiger partial charge in [-0.3, -0.25) is 0 Å². The molecule has 1 aliphatic rings. The predicted octanol–water partition coefficient (Wildman–Crippen LogP) is 1.37. The summed E-state index contributed by atoms with van der Waals surface area (Å²) in [6, 6.07) is 6.23. The van der Waals surface area contributed by atoms with Crippen molar-refractivity contribution in [1.29, 1.82) is 0 Å². The van der Waals surface area contributed by atoms with Crippen molar-refractivity contribution in [3.63, 3.8) is 0 Å². The van der Waals surface area contributed by atoms with E-state index >= 15 is 0 Å². The zero-order valence-electron chi connectivity index (χ0n) is 15.7. The summed E-state index contributed by atoms with van der Waals surface area (Å²) in [6.07, 6.45) is 2.96. The van der Waals surface area contributed by atoms with Gasteiger partial charge in [0, 0.05) is 26.2 Å². The topological polar surface area (TPSA) is 91.8 Å². The Labute approximate surface area is 160 Å². The molecule has 0 bridgehead atoms. The van der Waals surface area contributed by atoms with E-state index in [2.05, 4.69) is 20.3 Å². The molecule has 0 saturated carbocycles. The van der Waals surface area contributed by atoms with Gasteiger partial charge in [-0.15, -0.1) is 0 Å².